The molecule has 0 bridgehead atoms. The Morgan fingerprint density at radius 2 is 1.80 bits per heavy atom. The second-order valence-corrected chi connectivity index (χ2v) is 5.41. The van der Waals surface area contributed by atoms with Crippen LogP contribution in [0.1, 0.15) is 15.9 Å². The number of hydrogen-bond donors (Lipinski definition) is 1. The normalized spacial score (nSPS) is 10.3. The van der Waals surface area contributed by atoms with Gasteiger partial charge in [-0.15, -0.1) is 0 Å². The molecule has 1 N–H and O–H groups in total. The van der Waals surface area contributed by atoms with Crippen molar-refractivity contribution in [2.75, 3.05) is 19.5 Å². The minimum atomic E-state index is -0.258. The molecule has 3 rings (SSSR count). The summed E-state index contributed by atoms with van der Waals surface area (Å²) in [4.78, 5) is 12.4. The van der Waals surface area contributed by atoms with Crippen LogP contribution in [0.15, 0.2) is 60.8 Å². The van der Waals surface area contributed by atoms with Gasteiger partial charge in [-0.3, -0.25) is 9.48 Å². The molecule has 0 aliphatic carbocycles. The zero-order valence-electron chi connectivity index (χ0n) is 14.1. The molecule has 1 heterocycles. The summed E-state index contributed by atoms with van der Waals surface area (Å²) in [6.45, 7) is 0.646. The molecule has 6 heteroatoms. The Hall–Kier alpha value is -3.28. The average molecular weight is 337 g/mol. The molecule has 6 nitrogen and oxygen atoms in total. The molecule has 0 saturated carbocycles. The van der Waals surface area contributed by atoms with Gasteiger partial charge in [0.1, 0.15) is 0 Å². The monoisotopic (exact) mass is 337 g/mol. The quantitative estimate of drug-likeness (QED) is 0.750. The van der Waals surface area contributed by atoms with E-state index in [0.717, 1.165) is 5.56 Å². The highest BCUT2D eigenvalue weighted by Gasteiger charge is 2.12. The second kappa shape index (κ2) is 7.53. The molecule has 25 heavy (non-hydrogen) atoms. The van der Waals surface area contributed by atoms with E-state index in [-0.39, 0.29) is 5.91 Å². The summed E-state index contributed by atoms with van der Waals surface area (Å²) in [5, 5.41) is 7.16. The van der Waals surface area contributed by atoms with E-state index in [2.05, 4.69) is 10.4 Å². The van der Waals surface area contributed by atoms with Crippen LogP contribution >= 0.6 is 0 Å². The summed E-state index contributed by atoms with van der Waals surface area (Å²) in [6, 6.07) is 16.8. The first-order valence-electron chi connectivity index (χ1n) is 7.80. The molecule has 0 unspecified atom stereocenters. The SMILES string of the molecule is COc1ccc(C(=O)Nc2ccn(Cc3ccccc3)n2)cc1OC. The van der Waals surface area contributed by atoms with Crippen LogP contribution in [0.5, 0.6) is 11.5 Å². The van der Waals surface area contributed by atoms with Crippen molar-refractivity contribution < 1.29 is 14.3 Å². The van der Waals surface area contributed by atoms with Crippen molar-refractivity contribution in [2.45, 2.75) is 6.54 Å². The lowest BCUT2D eigenvalue weighted by Gasteiger charge is -2.09. The maximum Gasteiger partial charge on any atom is 0.257 e. The Kier molecular flexibility index (Phi) is 4.99. The highest BCUT2D eigenvalue weighted by Crippen LogP contribution is 2.27. The highest BCUT2D eigenvalue weighted by molar-refractivity contribution is 6.04. The zero-order valence-corrected chi connectivity index (χ0v) is 14.1. The van der Waals surface area contributed by atoms with Crippen LogP contribution in [-0.4, -0.2) is 29.9 Å². The molecule has 0 radical (unpaired) electrons. The molecule has 1 aromatic heterocycles. The Labute approximate surface area is 146 Å². The lowest BCUT2D eigenvalue weighted by Crippen LogP contribution is -2.13. The van der Waals surface area contributed by atoms with Crippen LogP contribution in [0.3, 0.4) is 0 Å². The van der Waals surface area contributed by atoms with E-state index in [0.29, 0.717) is 29.4 Å². The summed E-state index contributed by atoms with van der Waals surface area (Å²) in [6.07, 6.45) is 1.83. The van der Waals surface area contributed by atoms with Gasteiger partial charge in [0, 0.05) is 17.8 Å². The van der Waals surface area contributed by atoms with E-state index in [4.69, 9.17) is 9.47 Å². The summed E-state index contributed by atoms with van der Waals surface area (Å²) in [5.74, 6) is 1.32. The second-order valence-electron chi connectivity index (χ2n) is 5.41. The van der Waals surface area contributed by atoms with Crippen molar-refractivity contribution in [3.63, 3.8) is 0 Å². The number of anilines is 1. The minimum absolute atomic E-state index is 0.258. The van der Waals surface area contributed by atoms with Crippen LogP contribution in [0.2, 0.25) is 0 Å². The zero-order chi connectivity index (χ0) is 17.6. The Bertz CT molecular complexity index is 859. The van der Waals surface area contributed by atoms with Crippen molar-refractivity contribution in [3.05, 3.63) is 71.9 Å². The lowest BCUT2D eigenvalue weighted by atomic mass is 10.2. The van der Waals surface area contributed by atoms with Crippen molar-refractivity contribution in [2.24, 2.45) is 0 Å². The Morgan fingerprint density at radius 3 is 2.52 bits per heavy atom. The van der Waals surface area contributed by atoms with Gasteiger partial charge in [0.15, 0.2) is 17.3 Å². The third kappa shape index (κ3) is 3.98. The Balaban J connectivity index is 1.69. The van der Waals surface area contributed by atoms with Crippen LogP contribution in [-0.2, 0) is 6.54 Å². The van der Waals surface area contributed by atoms with Crippen LogP contribution in [0.4, 0.5) is 5.82 Å². The van der Waals surface area contributed by atoms with Gasteiger partial charge in [-0.05, 0) is 23.8 Å². The van der Waals surface area contributed by atoms with Gasteiger partial charge in [-0.1, -0.05) is 30.3 Å². The molecule has 0 fully saturated rings. The van der Waals surface area contributed by atoms with Gasteiger partial charge in [0.05, 0.1) is 20.8 Å². The van der Waals surface area contributed by atoms with Crippen LogP contribution < -0.4 is 14.8 Å². The maximum atomic E-state index is 12.4. The third-order valence-electron chi connectivity index (χ3n) is 3.72. The summed E-state index contributed by atoms with van der Waals surface area (Å²) >= 11 is 0. The summed E-state index contributed by atoms with van der Waals surface area (Å²) in [7, 11) is 3.09. The minimum Gasteiger partial charge on any atom is -0.493 e. The van der Waals surface area contributed by atoms with Gasteiger partial charge in [-0.25, -0.2) is 0 Å². The van der Waals surface area contributed by atoms with E-state index in [1.165, 1.54) is 7.11 Å². The lowest BCUT2D eigenvalue weighted by molar-refractivity contribution is 0.102. The molecule has 1 amide bonds. The molecule has 0 aliphatic heterocycles. The summed E-state index contributed by atoms with van der Waals surface area (Å²) < 4.78 is 12.2. The smallest absolute Gasteiger partial charge is 0.257 e. The topological polar surface area (TPSA) is 65.4 Å². The number of rotatable bonds is 6. The highest BCUT2D eigenvalue weighted by atomic mass is 16.5. The van der Waals surface area contributed by atoms with Crippen LogP contribution in [0.25, 0.3) is 0 Å². The molecule has 0 aliphatic rings. The average Bonchev–Trinajstić information content (AvgIpc) is 3.08. The number of nitrogens with one attached hydrogen (secondary N) is 1. The van der Waals surface area contributed by atoms with Gasteiger partial charge in [0.25, 0.3) is 5.91 Å². The first-order valence-corrected chi connectivity index (χ1v) is 7.80. The van der Waals surface area contributed by atoms with E-state index >= 15 is 0 Å². The number of methoxy groups -OCH3 is 2. The number of nitrogens with zero attached hydrogens (tertiary/aromatic N) is 2. The van der Waals surface area contributed by atoms with E-state index in [1.807, 2.05) is 36.5 Å². The number of carbonyl (C=O) groups excluding carboxylic acids is 1. The van der Waals surface area contributed by atoms with Gasteiger partial charge in [0.2, 0.25) is 0 Å². The molecule has 0 spiro atoms. The number of ether oxygens (including phenoxy) is 2. The standard InChI is InChI=1S/C19H19N3O3/c1-24-16-9-8-15(12-17(16)25-2)19(23)20-18-10-11-22(21-18)13-14-6-4-3-5-7-14/h3-12H,13H2,1-2H3,(H,20,21,23). The fourth-order valence-electron chi connectivity index (χ4n) is 2.45. The number of hydrogen-bond acceptors (Lipinski definition) is 4. The van der Waals surface area contributed by atoms with E-state index in [9.17, 15) is 4.79 Å². The van der Waals surface area contributed by atoms with Gasteiger partial charge in [-0.2, -0.15) is 5.10 Å². The molecule has 0 atom stereocenters. The number of benzene rings is 2. The molecular weight excluding hydrogens is 318 g/mol. The van der Waals surface area contributed by atoms with E-state index in [1.54, 1.807) is 36.1 Å². The molecular formula is C19H19N3O3. The van der Waals surface area contributed by atoms with Crippen molar-refractivity contribution in [1.82, 2.24) is 9.78 Å². The fourth-order valence-corrected chi connectivity index (χ4v) is 2.45. The fraction of sp³-hybridized carbons (Fsp3) is 0.158. The number of carbonyl (C=O) groups is 1. The Morgan fingerprint density at radius 1 is 1.04 bits per heavy atom. The molecule has 0 saturated heterocycles. The number of amides is 1. The van der Waals surface area contributed by atoms with Crippen molar-refractivity contribution >= 4 is 11.7 Å². The van der Waals surface area contributed by atoms with Gasteiger partial charge >= 0.3 is 0 Å². The maximum absolute atomic E-state index is 12.4. The van der Waals surface area contributed by atoms with Gasteiger partial charge < -0.3 is 14.8 Å². The molecule has 128 valence electrons. The van der Waals surface area contributed by atoms with E-state index < -0.39 is 0 Å². The third-order valence-corrected chi connectivity index (χ3v) is 3.72. The molecule has 2 aromatic carbocycles. The largest absolute Gasteiger partial charge is 0.493 e. The molecule has 3 aromatic rings. The summed E-state index contributed by atoms with van der Waals surface area (Å²) in [5.41, 5.74) is 1.61. The predicted octanol–water partition coefficient (Wildman–Crippen LogP) is 3.20. The predicted molar refractivity (Wildman–Crippen MR) is 95.3 cm³/mol. The van der Waals surface area contributed by atoms with Crippen LogP contribution in [0, 0.1) is 0 Å². The first-order chi connectivity index (χ1) is 12.2. The van der Waals surface area contributed by atoms with Crippen molar-refractivity contribution in [3.8, 4) is 11.5 Å². The first kappa shape index (κ1) is 16.6. The number of aromatic nitrogens is 2. The van der Waals surface area contributed by atoms with Crippen molar-refractivity contribution in [1.29, 1.82) is 0 Å².